The molecule has 0 aliphatic carbocycles. The monoisotopic (exact) mass is 134 g/mol. The van der Waals surface area contributed by atoms with Crippen molar-refractivity contribution in [3.63, 3.8) is 0 Å². The fraction of sp³-hybridized carbons (Fsp3) is 0.500. The number of hydrogen-bond donors (Lipinski definition) is 1. The minimum absolute atomic E-state index is 0. The third-order valence-electron chi connectivity index (χ3n) is 0. The SMILES string of the molecule is CC(N)=S.O.O.[Na]. The van der Waals surface area contributed by atoms with Crippen LogP contribution in [0, 0.1) is 0 Å². The Labute approximate surface area is 70.2 Å². The fourth-order valence-electron chi connectivity index (χ4n) is 0. The van der Waals surface area contributed by atoms with Crippen LogP contribution in [-0.4, -0.2) is 45.5 Å². The largest absolute Gasteiger partial charge is 0.412 e. The van der Waals surface area contributed by atoms with Crippen molar-refractivity contribution >= 4 is 46.8 Å². The van der Waals surface area contributed by atoms with E-state index < -0.39 is 0 Å². The summed E-state index contributed by atoms with van der Waals surface area (Å²) in [7, 11) is 0. The van der Waals surface area contributed by atoms with Crippen LogP contribution in [0.2, 0.25) is 0 Å². The first-order valence-corrected chi connectivity index (χ1v) is 1.40. The quantitative estimate of drug-likeness (QED) is 0.315. The standard InChI is InChI=1S/C2H5NS.Na.2H2O/c1-2(3)4;;;/h1H3,(H2,3,4);;2*1H2. The Morgan fingerprint density at radius 2 is 1.43 bits per heavy atom. The molecule has 0 aromatic heterocycles. The first kappa shape index (κ1) is 25.0. The van der Waals surface area contributed by atoms with Crippen LogP contribution in [0.15, 0.2) is 0 Å². The summed E-state index contributed by atoms with van der Waals surface area (Å²) >= 11 is 4.31. The maximum absolute atomic E-state index is 4.84. The van der Waals surface area contributed by atoms with Gasteiger partial charge in [0.05, 0.1) is 4.99 Å². The zero-order valence-corrected chi connectivity index (χ0v) is 7.30. The molecule has 0 unspecified atom stereocenters. The van der Waals surface area contributed by atoms with Gasteiger partial charge in [0.15, 0.2) is 0 Å². The van der Waals surface area contributed by atoms with E-state index in [0.29, 0.717) is 4.99 Å². The van der Waals surface area contributed by atoms with Gasteiger partial charge < -0.3 is 16.7 Å². The third-order valence-corrected chi connectivity index (χ3v) is 0. The van der Waals surface area contributed by atoms with E-state index in [1.165, 1.54) is 0 Å². The minimum atomic E-state index is 0. The first-order valence-electron chi connectivity index (χ1n) is 0.993. The van der Waals surface area contributed by atoms with E-state index in [0.717, 1.165) is 0 Å². The molecule has 0 aliphatic rings. The van der Waals surface area contributed by atoms with Crippen molar-refractivity contribution in [3.8, 4) is 0 Å². The van der Waals surface area contributed by atoms with Crippen LogP contribution in [0.3, 0.4) is 0 Å². The molecule has 0 rings (SSSR count). The van der Waals surface area contributed by atoms with E-state index in [1.54, 1.807) is 6.92 Å². The number of thiocarbonyl (C=S) groups is 1. The molecule has 6 N–H and O–H groups in total. The molecule has 0 spiro atoms. The molecule has 0 fully saturated rings. The van der Waals surface area contributed by atoms with E-state index >= 15 is 0 Å². The molecule has 7 heavy (non-hydrogen) atoms. The topological polar surface area (TPSA) is 89.0 Å². The molecular formula is C2H9NNaO2S. The van der Waals surface area contributed by atoms with E-state index in [2.05, 4.69) is 12.2 Å². The van der Waals surface area contributed by atoms with Crippen LogP contribution in [0.1, 0.15) is 6.92 Å². The second-order valence-corrected chi connectivity index (χ2v) is 1.25. The van der Waals surface area contributed by atoms with Gasteiger partial charge in [0, 0.05) is 29.6 Å². The molecule has 0 aromatic rings. The van der Waals surface area contributed by atoms with Crippen molar-refractivity contribution in [2.75, 3.05) is 0 Å². The van der Waals surface area contributed by atoms with Gasteiger partial charge in [-0.05, 0) is 6.92 Å². The maximum Gasteiger partial charge on any atom is 0.0695 e. The van der Waals surface area contributed by atoms with Crippen molar-refractivity contribution < 1.29 is 11.0 Å². The van der Waals surface area contributed by atoms with Gasteiger partial charge in [-0.15, -0.1) is 0 Å². The average molecular weight is 134 g/mol. The van der Waals surface area contributed by atoms with Gasteiger partial charge in [0.25, 0.3) is 0 Å². The van der Waals surface area contributed by atoms with Gasteiger partial charge in [-0.2, -0.15) is 0 Å². The summed E-state index contributed by atoms with van der Waals surface area (Å²) in [6.45, 7) is 1.68. The van der Waals surface area contributed by atoms with Gasteiger partial charge >= 0.3 is 0 Å². The Morgan fingerprint density at radius 3 is 1.43 bits per heavy atom. The summed E-state index contributed by atoms with van der Waals surface area (Å²) in [5.74, 6) is 0. The van der Waals surface area contributed by atoms with E-state index in [-0.39, 0.29) is 40.5 Å². The Bertz CT molecular complexity index is 38.7. The molecular weight excluding hydrogens is 125 g/mol. The summed E-state index contributed by atoms with van der Waals surface area (Å²) in [4.78, 5) is 0.500. The molecule has 0 aromatic carbocycles. The predicted octanol–water partition coefficient (Wildman–Crippen LogP) is -1.74. The van der Waals surface area contributed by atoms with Crippen LogP contribution < -0.4 is 5.73 Å². The van der Waals surface area contributed by atoms with Crippen molar-refractivity contribution in [2.24, 2.45) is 5.73 Å². The molecule has 1 radical (unpaired) electrons. The normalized spacial score (nSPS) is 3.57. The smallest absolute Gasteiger partial charge is 0.0695 e. The van der Waals surface area contributed by atoms with Crippen LogP contribution in [0.25, 0.3) is 0 Å². The van der Waals surface area contributed by atoms with Gasteiger partial charge in [0.2, 0.25) is 0 Å². The van der Waals surface area contributed by atoms with Gasteiger partial charge in [-0.3, -0.25) is 0 Å². The first-order chi connectivity index (χ1) is 1.73. The van der Waals surface area contributed by atoms with E-state index in [9.17, 15) is 0 Å². The van der Waals surface area contributed by atoms with Crippen molar-refractivity contribution in [3.05, 3.63) is 0 Å². The second kappa shape index (κ2) is 15.8. The van der Waals surface area contributed by atoms with Crippen LogP contribution in [0.4, 0.5) is 0 Å². The molecule has 0 bridgehead atoms. The number of rotatable bonds is 0. The van der Waals surface area contributed by atoms with Crippen LogP contribution >= 0.6 is 12.2 Å². The maximum atomic E-state index is 4.84. The minimum Gasteiger partial charge on any atom is -0.412 e. The fourth-order valence-corrected chi connectivity index (χ4v) is 0. The van der Waals surface area contributed by atoms with Crippen molar-refractivity contribution in [1.29, 1.82) is 0 Å². The van der Waals surface area contributed by atoms with Crippen LogP contribution in [-0.2, 0) is 0 Å². The van der Waals surface area contributed by atoms with Crippen molar-refractivity contribution in [1.82, 2.24) is 0 Å². The van der Waals surface area contributed by atoms with E-state index in [4.69, 9.17) is 5.73 Å². The van der Waals surface area contributed by atoms with Gasteiger partial charge in [-0.1, -0.05) is 12.2 Å². The molecule has 5 heteroatoms. The van der Waals surface area contributed by atoms with Crippen LogP contribution in [0.5, 0.6) is 0 Å². The zero-order chi connectivity index (χ0) is 3.58. The molecule has 41 valence electrons. The van der Waals surface area contributed by atoms with Crippen molar-refractivity contribution in [2.45, 2.75) is 6.92 Å². The van der Waals surface area contributed by atoms with Gasteiger partial charge in [-0.25, -0.2) is 0 Å². The molecule has 0 amide bonds. The van der Waals surface area contributed by atoms with E-state index in [1.807, 2.05) is 0 Å². The Morgan fingerprint density at radius 1 is 1.43 bits per heavy atom. The molecule has 0 heterocycles. The Balaban J connectivity index is -0.0000000150. The Hall–Kier alpha value is 0.810. The Kier molecular flexibility index (Phi) is 56.4. The average Bonchev–Trinajstić information content (AvgIpc) is 0.811. The molecule has 0 atom stereocenters. The number of nitrogens with two attached hydrogens (primary N) is 1. The second-order valence-electron chi connectivity index (χ2n) is 0.611. The summed E-state index contributed by atoms with van der Waals surface area (Å²) in [6, 6.07) is 0. The zero-order valence-electron chi connectivity index (χ0n) is 4.49. The molecule has 0 saturated carbocycles. The molecule has 0 aliphatic heterocycles. The number of hydrogen-bond acceptors (Lipinski definition) is 1. The third kappa shape index (κ3) is 240. The summed E-state index contributed by atoms with van der Waals surface area (Å²) < 4.78 is 0. The van der Waals surface area contributed by atoms with Gasteiger partial charge in [0.1, 0.15) is 0 Å². The summed E-state index contributed by atoms with van der Waals surface area (Å²) in [5.41, 5.74) is 4.84. The molecule has 0 saturated heterocycles. The molecule has 3 nitrogen and oxygen atoms in total. The summed E-state index contributed by atoms with van der Waals surface area (Å²) in [5, 5.41) is 0. The predicted molar refractivity (Wildman–Crippen MR) is 35.4 cm³/mol. The summed E-state index contributed by atoms with van der Waals surface area (Å²) in [6.07, 6.45) is 0.